The molecule has 1 aromatic heterocycles. The molecule has 0 aliphatic carbocycles. The SMILES string of the molecule is CN(C(=O)Cc1cc(C(F)(F)F)cc(C(F)(F)F)c1)[C@H](Cc1ccccc1)C(=O)N[C@@H](Cc1c[nH]c2ccccc12)C(=O)O. The quantitative estimate of drug-likeness (QED) is 0.200. The zero-order valence-electron chi connectivity index (χ0n) is 23.2. The van der Waals surface area contributed by atoms with Gasteiger partial charge in [-0.3, -0.25) is 9.59 Å². The first-order chi connectivity index (χ1) is 20.6. The van der Waals surface area contributed by atoms with E-state index in [1.54, 1.807) is 60.8 Å². The maximum Gasteiger partial charge on any atom is 0.416 e. The number of fused-ring (bicyclic) bond motifs is 1. The van der Waals surface area contributed by atoms with E-state index in [-0.39, 0.29) is 18.9 Å². The van der Waals surface area contributed by atoms with Crippen LogP contribution in [0.3, 0.4) is 0 Å². The molecule has 0 radical (unpaired) electrons. The Morgan fingerprint density at radius 2 is 1.43 bits per heavy atom. The van der Waals surface area contributed by atoms with E-state index in [0.717, 1.165) is 15.8 Å². The van der Waals surface area contributed by atoms with Gasteiger partial charge in [-0.1, -0.05) is 48.5 Å². The highest BCUT2D eigenvalue weighted by Crippen LogP contribution is 2.36. The van der Waals surface area contributed by atoms with Gasteiger partial charge in [-0.25, -0.2) is 4.79 Å². The van der Waals surface area contributed by atoms with Gasteiger partial charge in [-0.15, -0.1) is 0 Å². The molecule has 0 unspecified atom stereocenters. The minimum atomic E-state index is -5.10. The number of nitrogens with one attached hydrogen (secondary N) is 2. The van der Waals surface area contributed by atoms with Crippen molar-refractivity contribution >= 4 is 28.7 Å². The van der Waals surface area contributed by atoms with E-state index < -0.39 is 65.3 Å². The monoisotopic (exact) mass is 619 g/mol. The molecular formula is C31H27F6N3O4. The molecule has 2 amide bonds. The first-order valence-electron chi connectivity index (χ1n) is 13.3. The maximum atomic E-state index is 13.6. The van der Waals surface area contributed by atoms with Gasteiger partial charge in [0.25, 0.3) is 0 Å². The topological polar surface area (TPSA) is 103 Å². The van der Waals surface area contributed by atoms with Crippen LogP contribution in [0.1, 0.15) is 27.8 Å². The number of H-pyrrole nitrogens is 1. The predicted molar refractivity (Wildman–Crippen MR) is 148 cm³/mol. The zero-order valence-corrected chi connectivity index (χ0v) is 23.2. The van der Waals surface area contributed by atoms with E-state index in [1.165, 1.54) is 7.05 Å². The molecular weight excluding hydrogens is 592 g/mol. The standard InChI is InChI=1S/C31H27F6N3O4/c1-40(27(41)14-19-11-21(30(32,33)34)16-22(12-19)31(35,36)37)26(13-18-7-3-2-4-8-18)28(42)39-25(29(43)44)15-20-17-38-24-10-6-5-9-23(20)24/h2-12,16-17,25-26,38H,13-15H2,1H3,(H,39,42)(H,43,44)/t25-,26+/m0/s1. The largest absolute Gasteiger partial charge is 0.480 e. The Morgan fingerprint density at radius 3 is 2.02 bits per heavy atom. The highest BCUT2D eigenvalue weighted by atomic mass is 19.4. The number of amides is 2. The summed E-state index contributed by atoms with van der Waals surface area (Å²) in [5.41, 5.74) is -1.74. The van der Waals surface area contributed by atoms with Crippen molar-refractivity contribution in [2.45, 2.75) is 43.7 Å². The summed E-state index contributed by atoms with van der Waals surface area (Å²) in [6.45, 7) is 0. The third-order valence-electron chi connectivity index (χ3n) is 7.15. The number of aromatic nitrogens is 1. The fourth-order valence-electron chi connectivity index (χ4n) is 4.83. The van der Waals surface area contributed by atoms with Crippen molar-refractivity contribution in [2.75, 3.05) is 7.05 Å². The maximum absolute atomic E-state index is 13.6. The lowest BCUT2D eigenvalue weighted by molar-refractivity contribution is -0.145. The number of carboxylic acids is 1. The van der Waals surface area contributed by atoms with Crippen molar-refractivity contribution in [1.29, 1.82) is 0 Å². The summed E-state index contributed by atoms with van der Waals surface area (Å²) in [5.74, 6) is -3.16. The summed E-state index contributed by atoms with van der Waals surface area (Å²) >= 11 is 0. The molecule has 0 aliphatic rings. The second-order valence-corrected chi connectivity index (χ2v) is 10.3. The number of hydrogen-bond acceptors (Lipinski definition) is 3. The second kappa shape index (κ2) is 12.8. The van der Waals surface area contributed by atoms with Gasteiger partial charge in [0.15, 0.2) is 0 Å². The lowest BCUT2D eigenvalue weighted by atomic mass is 10.00. The minimum absolute atomic E-state index is 0.0386. The van der Waals surface area contributed by atoms with E-state index in [0.29, 0.717) is 23.3 Å². The van der Waals surface area contributed by atoms with E-state index in [4.69, 9.17) is 0 Å². The number of carbonyl (C=O) groups is 3. The molecule has 2 atom stereocenters. The molecule has 4 rings (SSSR count). The summed E-state index contributed by atoms with van der Waals surface area (Å²) in [6.07, 6.45) is -9.67. The molecule has 0 aliphatic heterocycles. The fraction of sp³-hybridized carbons (Fsp3) is 0.258. The van der Waals surface area contributed by atoms with Gasteiger partial charge >= 0.3 is 18.3 Å². The molecule has 44 heavy (non-hydrogen) atoms. The number of benzene rings is 3. The Hall–Kier alpha value is -4.81. The molecule has 1 heterocycles. The Bertz CT molecular complexity index is 1620. The van der Waals surface area contributed by atoms with Crippen LogP contribution in [0.2, 0.25) is 0 Å². The lowest BCUT2D eigenvalue weighted by Gasteiger charge is -2.29. The highest BCUT2D eigenvalue weighted by molar-refractivity contribution is 5.92. The van der Waals surface area contributed by atoms with Crippen molar-refractivity contribution in [3.63, 3.8) is 0 Å². The number of aromatic amines is 1. The van der Waals surface area contributed by atoms with Gasteiger partial charge in [0.2, 0.25) is 11.8 Å². The van der Waals surface area contributed by atoms with Crippen molar-refractivity contribution < 1.29 is 45.8 Å². The number of carboxylic acid groups (broad SMARTS) is 1. The normalized spacial score (nSPS) is 13.3. The lowest BCUT2D eigenvalue weighted by Crippen LogP contribution is -2.53. The van der Waals surface area contributed by atoms with Crippen LogP contribution in [0.15, 0.2) is 79.0 Å². The summed E-state index contributed by atoms with van der Waals surface area (Å²) in [5, 5.41) is 13.1. The molecule has 0 saturated carbocycles. The summed E-state index contributed by atoms with van der Waals surface area (Å²) < 4.78 is 80.1. The summed E-state index contributed by atoms with van der Waals surface area (Å²) in [7, 11) is 1.18. The number of rotatable bonds is 10. The Labute approximate surface area is 247 Å². The number of carbonyl (C=O) groups excluding carboxylic acids is 2. The van der Waals surface area contributed by atoms with Crippen molar-refractivity contribution in [1.82, 2.24) is 15.2 Å². The third-order valence-corrected chi connectivity index (χ3v) is 7.15. The number of nitrogens with zero attached hydrogens (tertiary/aromatic N) is 1. The van der Waals surface area contributed by atoms with Crippen molar-refractivity contribution in [2.24, 2.45) is 0 Å². The van der Waals surface area contributed by atoms with E-state index in [1.807, 2.05) is 0 Å². The van der Waals surface area contributed by atoms with Gasteiger partial charge < -0.3 is 20.3 Å². The first kappa shape index (κ1) is 32.1. The van der Waals surface area contributed by atoms with E-state index in [2.05, 4.69) is 10.3 Å². The van der Waals surface area contributed by atoms with Crippen LogP contribution in [-0.4, -0.2) is 51.9 Å². The molecule has 7 nitrogen and oxygen atoms in total. The average molecular weight is 620 g/mol. The molecule has 13 heteroatoms. The number of likely N-dealkylation sites (N-methyl/N-ethyl adjacent to an activating group) is 1. The first-order valence-corrected chi connectivity index (χ1v) is 13.3. The number of halogens is 6. The van der Waals surface area contributed by atoms with Crippen LogP contribution in [-0.2, 0) is 46.0 Å². The third kappa shape index (κ3) is 7.77. The minimum Gasteiger partial charge on any atom is -0.480 e. The van der Waals surface area contributed by atoms with E-state index in [9.17, 15) is 45.8 Å². The van der Waals surface area contributed by atoms with Crippen molar-refractivity contribution in [3.8, 4) is 0 Å². The second-order valence-electron chi connectivity index (χ2n) is 10.3. The van der Waals surface area contributed by atoms with Crippen LogP contribution >= 0.6 is 0 Å². The molecule has 3 aromatic carbocycles. The fourth-order valence-corrected chi connectivity index (χ4v) is 4.83. The molecule has 0 fully saturated rings. The molecule has 3 N–H and O–H groups in total. The molecule has 4 aromatic rings. The number of para-hydroxylation sites is 1. The van der Waals surface area contributed by atoms with E-state index >= 15 is 0 Å². The average Bonchev–Trinajstić information content (AvgIpc) is 3.37. The molecule has 0 bridgehead atoms. The summed E-state index contributed by atoms with van der Waals surface area (Å²) in [6, 6.07) is 13.6. The predicted octanol–water partition coefficient (Wildman–Crippen LogP) is 5.63. The van der Waals surface area contributed by atoms with Crippen LogP contribution < -0.4 is 5.32 Å². The van der Waals surface area contributed by atoms with Crippen molar-refractivity contribution in [3.05, 3.63) is 107 Å². The van der Waals surface area contributed by atoms with Gasteiger partial charge in [0.05, 0.1) is 17.5 Å². The highest BCUT2D eigenvalue weighted by Gasteiger charge is 2.37. The van der Waals surface area contributed by atoms with Crippen LogP contribution in [0.25, 0.3) is 10.9 Å². The zero-order chi connectivity index (χ0) is 32.2. The molecule has 0 spiro atoms. The smallest absolute Gasteiger partial charge is 0.416 e. The van der Waals surface area contributed by atoms with Gasteiger partial charge in [-0.2, -0.15) is 26.3 Å². The Kier molecular flexibility index (Phi) is 9.36. The Morgan fingerprint density at radius 1 is 0.841 bits per heavy atom. The number of hydrogen-bond donors (Lipinski definition) is 3. The van der Waals surface area contributed by atoms with Crippen LogP contribution in [0, 0.1) is 0 Å². The molecule has 0 saturated heterocycles. The summed E-state index contributed by atoms with van der Waals surface area (Å²) in [4.78, 5) is 42.9. The van der Waals surface area contributed by atoms with Gasteiger partial charge in [-0.05, 0) is 41.0 Å². The van der Waals surface area contributed by atoms with Crippen LogP contribution in [0.4, 0.5) is 26.3 Å². The number of alkyl halides is 6. The number of aliphatic carboxylic acids is 1. The van der Waals surface area contributed by atoms with Crippen LogP contribution in [0.5, 0.6) is 0 Å². The Balaban J connectivity index is 1.60. The van der Waals surface area contributed by atoms with Gasteiger partial charge in [0, 0.05) is 37.0 Å². The van der Waals surface area contributed by atoms with Gasteiger partial charge in [0.1, 0.15) is 12.1 Å². The molecule has 232 valence electrons.